The van der Waals surface area contributed by atoms with Crippen LogP contribution in [0.3, 0.4) is 0 Å². The highest BCUT2D eigenvalue weighted by Gasteiger charge is 2.17. The molecule has 0 aliphatic rings. The van der Waals surface area contributed by atoms with Gasteiger partial charge in [-0.25, -0.2) is 0 Å². The monoisotopic (exact) mass is 369 g/mol. The summed E-state index contributed by atoms with van der Waals surface area (Å²) >= 11 is 9.24. The Morgan fingerprint density at radius 1 is 1.19 bits per heavy atom. The Kier molecular flexibility index (Phi) is 5.09. The van der Waals surface area contributed by atoms with Crippen molar-refractivity contribution in [3.63, 3.8) is 0 Å². The van der Waals surface area contributed by atoms with Crippen LogP contribution >= 0.6 is 27.5 Å². The number of amides is 1. The molecule has 2 aromatic rings. The maximum atomic E-state index is 12.4. The second kappa shape index (κ2) is 6.83. The van der Waals surface area contributed by atoms with Gasteiger partial charge in [-0.1, -0.05) is 17.7 Å². The predicted molar refractivity (Wildman–Crippen MR) is 86.7 cm³/mol. The molecular weight excluding hydrogens is 358 g/mol. The van der Waals surface area contributed by atoms with Gasteiger partial charge >= 0.3 is 0 Å². The van der Waals surface area contributed by atoms with Gasteiger partial charge in [0.25, 0.3) is 5.91 Å². The van der Waals surface area contributed by atoms with Gasteiger partial charge in [-0.3, -0.25) is 4.79 Å². The topological polar surface area (TPSA) is 47.6 Å². The number of para-hydroxylation sites is 1. The van der Waals surface area contributed by atoms with Gasteiger partial charge in [0.15, 0.2) is 11.5 Å². The lowest BCUT2D eigenvalue weighted by Gasteiger charge is -2.13. The van der Waals surface area contributed by atoms with Crippen molar-refractivity contribution >= 4 is 39.1 Å². The van der Waals surface area contributed by atoms with Gasteiger partial charge in [0.1, 0.15) is 0 Å². The van der Waals surface area contributed by atoms with E-state index in [9.17, 15) is 4.79 Å². The van der Waals surface area contributed by atoms with Crippen molar-refractivity contribution in [3.05, 3.63) is 51.5 Å². The molecule has 0 fully saturated rings. The summed E-state index contributed by atoms with van der Waals surface area (Å²) in [7, 11) is 3.02. The van der Waals surface area contributed by atoms with E-state index in [0.717, 1.165) is 0 Å². The van der Waals surface area contributed by atoms with Crippen LogP contribution in [0.5, 0.6) is 11.5 Å². The van der Waals surface area contributed by atoms with Crippen molar-refractivity contribution in [2.75, 3.05) is 19.5 Å². The van der Waals surface area contributed by atoms with Crippen molar-refractivity contribution in [1.29, 1.82) is 0 Å². The number of carbonyl (C=O) groups is 1. The fourth-order valence-corrected chi connectivity index (χ4v) is 2.63. The highest BCUT2D eigenvalue weighted by molar-refractivity contribution is 9.10. The largest absolute Gasteiger partial charge is 0.493 e. The van der Waals surface area contributed by atoms with Gasteiger partial charge in [-0.05, 0) is 46.3 Å². The first kappa shape index (κ1) is 15.7. The first-order valence-corrected chi connectivity index (χ1v) is 7.21. The van der Waals surface area contributed by atoms with Crippen LogP contribution in [0.4, 0.5) is 5.69 Å². The molecule has 1 amide bonds. The molecule has 0 saturated heterocycles. The average Bonchev–Trinajstić information content (AvgIpc) is 2.49. The fraction of sp³-hybridized carbons (Fsp3) is 0.133. The number of halogens is 2. The molecule has 1 N–H and O–H groups in total. The first-order chi connectivity index (χ1) is 10.1. The quantitative estimate of drug-likeness (QED) is 0.869. The molecule has 0 unspecified atom stereocenters. The number of hydrogen-bond donors (Lipinski definition) is 1. The summed E-state index contributed by atoms with van der Waals surface area (Å²) in [5, 5.41) is 3.38. The molecule has 4 nitrogen and oxygen atoms in total. The molecule has 0 heterocycles. The van der Waals surface area contributed by atoms with Crippen molar-refractivity contribution in [3.8, 4) is 11.5 Å². The van der Waals surface area contributed by atoms with Gasteiger partial charge in [0, 0.05) is 9.50 Å². The van der Waals surface area contributed by atoms with E-state index in [1.807, 2.05) is 0 Å². The first-order valence-electron chi connectivity index (χ1n) is 6.04. The van der Waals surface area contributed by atoms with E-state index in [0.29, 0.717) is 32.2 Å². The van der Waals surface area contributed by atoms with Crippen LogP contribution in [-0.2, 0) is 0 Å². The van der Waals surface area contributed by atoms with Crippen molar-refractivity contribution in [2.45, 2.75) is 0 Å². The van der Waals surface area contributed by atoms with Crippen molar-refractivity contribution in [1.82, 2.24) is 0 Å². The van der Waals surface area contributed by atoms with E-state index in [1.165, 1.54) is 14.2 Å². The second-order valence-electron chi connectivity index (χ2n) is 4.12. The number of methoxy groups -OCH3 is 2. The van der Waals surface area contributed by atoms with E-state index in [-0.39, 0.29) is 5.91 Å². The summed E-state index contributed by atoms with van der Waals surface area (Å²) in [5.74, 6) is 0.594. The van der Waals surface area contributed by atoms with Gasteiger partial charge in [0.05, 0.1) is 25.5 Å². The van der Waals surface area contributed by atoms with E-state index in [4.69, 9.17) is 21.1 Å². The molecule has 0 atom stereocenters. The number of carbonyl (C=O) groups excluding carboxylic acids is 1. The van der Waals surface area contributed by atoms with Crippen LogP contribution in [-0.4, -0.2) is 20.1 Å². The zero-order chi connectivity index (χ0) is 15.4. The van der Waals surface area contributed by atoms with Crippen molar-refractivity contribution < 1.29 is 14.3 Å². The number of hydrogen-bond acceptors (Lipinski definition) is 3. The summed E-state index contributed by atoms with van der Waals surface area (Å²) < 4.78 is 11.1. The molecule has 0 radical (unpaired) electrons. The molecule has 6 heteroatoms. The molecular formula is C15H13BrClNO3. The molecule has 2 aromatic carbocycles. The maximum Gasteiger partial charge on any atom is 0.259 e. The molecule has 0 spiro atoms. The molecule has 21 heavy (non-hydrogen) atoms. The lowest BCUT2D eigenvalue weighted by molar-refractivity contribution is 0.102. The fourth-order valence-electron chi connectivity index (χ4n) is 1.85. The molecule has 0 bridgehead atoms. The Morgan fingerprint density at radius 3 is 2.57 bits per heavy atom. The third-order valence-electron chi connectivity index (χ3n) is 2.83. The van der Waals surface area contributed by atoms with Crippen LogP contribution in [0, 0.1) is 0 Å². The Morgan fingerprint density at radius 2 is 1.95 bits per heavy atom. The number of nitrogens with one attached hydrogen (secondary N) is 1. The highest BCUT2D eigenvalue weighted by Crippen LogP contribution is 2.32. The molecule has 0 aliphatic carbocycles. The molecule has 2 rings (SSSR count). The predicted octanol–water partition coefficient (Wildman–Crippen LogP) is 4.37. The smallest absolute Gasteiger partial charge is 0.259 e. The maximum absolute atomic E-state index is 12.4. The minimum atomic E-state index is -0.297. The molecule has 0 saturated carbocycles. The minimum Gasteiger partial charge on any atom is -0.493 e. The van der Waals surface area contributed by atoms with E-state index in [2.05, 4.69) is 21.2 Å². The summed E-state index contributed by atoms with van der Waals surface area (Å²) in [5.41, 5.74) is 1.01. The summed E-state index contributed by atoms with van der Waals surface area (Å²) in [4.78, 5) is 12.4. The Balaban J connectivity index is 2.32. The third kappa shape index (κ3) is 3.49. The van der Waals surface area contributed by atoms with Crippen LogP contribution in [0.1, 0.15) is 10.4 Å². The number of rotatable bonds is 4. The molecule has 0 aliphatic heterocycles. The summed E-state index contributed by atoms with van der Waals surface area (Å²) in [6, 6.07) is 10.3. The van der Waals surface area contributed by atoms with Gasteiger partial charge in [-0.15, -0.1) is 0 Å². The number of benzene rings is 2. The molecule has 110 valence electrons. The average molecular weight is 371 g/mol. The van der Waals surface area contributed by atoms with Crippen LogP contribution in [0.2, 0.25) is 5.02 Å². The zero-order valence-corrected chi connectivity index (χ0v) is 13.8. The van der Waals surface area contributed by atoms with Gasteiger partial charge in [-0.2, -0.15) is 0 Å². The number of anilines is 1. The normalized spacial score (nSPS) is 10.1. The van der Waals surface area contributed by atoms with E-state index in [1.54, 1.807) is 36.4 Å². The minimum absolute atomic E-state index is 0.297. The highest BCUT2D eigenvalue weighted by atomic mass is 79.9. The summed E-state index contributed by atoms with van der Waals surface area (Å²) in [6.45, 7) is 0. The van der Waals surface area contributed by atoms with E-state index >= 15 is 0 Å². The second-order valence-corrected chi connectivity index (χ2v) is 5.41. The molecule has 0 aromatic heterocycles. The van der Waals surface area contributed by atoms with Crippen LogP contribution in [0.15, 0.2) is 40.9 Å². The standard InChI is InChI=1S/C15H13BrClNO3/c1-20-13-5-3-4-10(14(13)21-2)15(19)18-12-7-6-9(17)8-11(12)16/h3-8H,1-2H3,(H,18,19). The lowest BCUT2D eigenvalue weighted by Crippen LogP contribution is -2.14. The van der Waals surface area contributed by atoms with Crippen LogP contribution in [0.25, 0.3) is 0 Å². The zero-order valence-electron chi connectivity index (χ0n) is 11.4. The number of ether oxygens (including phenoxy) is 2. The Bertz CT molecular complexity index is 676. The van der Waals surface area contributed by atoms with Gasteiger partial charge < -0.3 is 14.8 Å². The summed E-state index contributed by atoms with van der Waals surface area (Å²) in [6.07, 6.45) is 0. The Labute approximate surface area is 136 Å². The van der Waals surface area contributed by atoms with E-state index < -0.39 is 0 Å². The Hall–Kier alpha value is -1.72. The van der Waals surface area contributed by atoms with Crippen molar-refractivity contribution in [2.24, 2.45) is 0 Å². The van der Waals surface area contributed by atoms with Crippen LogP contribution < -0.4 is 14.8 Å². The third-order valence-corrected chi connectivity index (χ3v) is 3.72. The lowest BCUT2D eigenvalue weighted by atomic mass is 10.1. The van der Waals surface area contributed by atoms with Gasteiger partial charge in [0.2, 0.25) is 0 Å². The SMILES string of the molecule is COc1cccc(C(=O)Nc2ccc(Cl)cc2Br)c1OC.